The van der Waals surface area contributed by atoms with Gasteiger partial charge in [0.1, 0.15) is 0 Å². The molecule has 0 unspecified atom stereocenters. The normalized spacial score (nSPS) is 18.2. The molecule has 0 atom stereocenters. The molecule has 0 aromatic heterocycles. The van der Waals surface area contributed by atoms with E-state index in [4.69, 9.17) is 9.73 Å². The second-order valence-corrected chi connectivity index (χ2v) is 8.68. The molecule has 1 saturated carbocycles. The Balaban J connectivity index is 2.58. The molecule has 1 rings (SSSR count). The zero-order chi connectivity index (χ0) is 17.2. The van der Waals surface area contributed by atoms with Gasteiger partial charge in [-0.15, -0.1) is 0 Å². The third-order valence-electron chi connectivity index (χ3n) is 4.79. The molecule has 1 fully saturated rings. The van der Waals surface area contributed by atoms with Crippen molar-refractivity contribution in [3.05, 3.63) is 0 Å². The molecule has 0 heterocycles. The van der Waals surface area contributed by atoms with Gasteiger partial charge in [0.05, 0.1) is 6.54 Å². The molecule has 0 amide bonds. The molecular formula is C18H37N3OS. The summed E-state index contributed by atoms with van der Waals surface area (Å²) in [6.45, 7) is 13.1. The highest BCUT2D eigenvalue weighted by atomic mass is 32.2. The lowest BCUT2D eigenvalue weighted by Crippen LogP contribution is -2.44. The van der Waals surface area contributed by atoms with Gasteiger partial charge in [0.2, 0.25) is 0 Å². The fourth-order valence-corrected chi connectivity index (χ4v) is 3.21. The molecule has 23 heavy (non-hydrogen) atoms. The van der Waals surface area contributed by atoms with Crippen molar-refractivity contribution in [1.29, 1.82) is 0 Å². The van der Waals surface area contributed by atoms with E-state index in [1.165, 1.54) is 25.7 Å². The molecule has 0 spiro atoms. The van der Waals surface area contributed by atoms with Crippen molar-refractivity contribution in [1.82, 2.24) is 10.6 Å². The molecule has 0 aliphatic heterocycles. The molecule has 4 nitrogen and oxygen atoms in total. The van der Waals surface area contributed by atoms with E-state index in [1.807, 2.05) is 11.8 Å². The van der Waals surface area contributed by atoms with Crippen LogP contribution in [0.5, 0.6) is 0 Å². The Morgan fingerprint density at radius 3 is 2.48 bits per heavy atom. The van der Waals surface area contributed by atoms with E-state index in [0.717, 1.165) is 45.2 Å². The first-order chi connectivity index (χ1) is 11.0. The van der Waals surface area contributed by atoms with Gasteiger partial charge in [0.25, 0.3) is 0 Å². The lowest BCUT2D eigenvalue weighted by molar-refractivity contribution is 0.105. The Hall–Kier alpha value is -0.420. The van der Waals surface area contributed by atoms with Crippen LogP contribution in [-0.2, 0) is 4.74 Å². The van der Waals surface area contributed by atoms with Crippen LogP contribution in [0.25, 0.3) is 0 Å². The summed E-state index contributed by atoms with van der Waals surface area (Å²) in [5.74, 6) is 0.956. The number of guanidine groups is 1. The van der Waals surface area contributed by atoms with Gasteiger partial charge >= 0.3 is 0 Å². The lowest BCUT2D eigenvalue weighted by atomic mass is 9.83. The molecule has 1 aliphatic rings. The van der Waals surface area contributed by atoms with Crippen molar-refractivity contribution < 1.29 is 4.74 Å². The Kier molecular flexibility index (Phi) is 9.37. The SMILES string of the molecule is CCNC(=NCC(C)(C)SC)NCC1(CCOCC)CCCC1. The van der Waals surface area contributed by atoms with E-state index in [-0.39, 0.29) is 4.75 Å². The number of ether oxygens (including phenoxy) is 1. The molecule has 136 valence electrons. The van der Waals surface area contributed by atoms with E-state index in [2.05, 4.69) is 44.6 Å². The molecule has 2 N–H and O–H groups in total. The highest BCUT2D eigenvalue weighted by Gasteiger charge is 2.33. The van der Waals surface area contributed by atoms with Crippen molar-refractivity contribution in [2.45, 2.75) is 64.5 Å². The minimum absolute atomic E-state index is 0.183. The Morgan fingerprint density at radius 1 is 1.22 bits per heavy atom. The molecule has 0 bridgehead atoms. The van der Waals surface area contributed by atoms with Crippen LogP contribution in [0.4, 0.5) is 0 Å². The number of rotatable bonds is 10. The quantitative estimate of drug-likeness (QED) is 0.361. The summed E-state index contributed by atoms with van der Waals surface area (Å²) < 4.78 is 5.79. The number of aliphatic imine (C=N–C) groups is 1. The van der Waals surface area contributed by atoms with Gasteiger partial charge in [-0.25, -0.2) is 0 Å². The second-order valence-electron chi connectivity index (χ2n) is 7.17. The van der Waals surface area contributed by atoms with Gasteiger partial charge in [0, 0.05) is 31.1 Å². The first kappa shape index (κ1) is 20.6. The lowest BCUT2D eigenvalue weighted by Gasteiger charge is -2.30. The molecule has 0 saturated heterocycles. The molecule has 1 aliphatic carbocycles. The van der Waals surface area contributed by atoms with Crippen LogP contribution in [-0.4, -0.2) is 49.8 Å². The number of hydrogen-bond acceptors (Lipinski definition) is 3. The van der Waals surface area contributed by atoms with Crippen LogP contribution >= 0.6 is 11.8 Å². The predicted molar refractivity (Wildman–Crippen MR) is 104 cm³/mol. The summed E-state index contributed by atoms with van der Waals surface area (Å²) >= 11 is 1.86. The summed E-state index contributed by atoms with van der Waals surface area (Å²) in [7, 11) is 0. The van der Waals surface area contributed by atoms with Crippen LogP contribution in [0.2, 0.25) is 0 Å². The van der Waals surface area contributed by atoms with Gasteiger partial charge in [0.15, 0.2) is 5.96 Å². The van der Waals surface area contributed by atoms with Gasteiger partial charge < -0.3 is 15.4 Å². The zero-order valence-electron chi connectivity index (χ0n) is 15.8. The smallest absolute Gasteiger partial charge is 0.191 e. The highest BCUT2D eigenvalue weighted by molar-refractivity contribution is 7.99. The molecule has 0 aromatic carbocycles. The Bertz CT molecular complexity index is 352. The largest absolute Gasteiger partial charge is 0.382 e. The van der Waals surface area contributed by atoms with Crippen molar-refractivity contribution in [2.24, 2.45) is 10.4 Å². The van der Waals surface area contributed by atoms with Gasteiger partial charge in [-0.2, -0.15) is 11.8 Å². The van der Waals surface area contributed by atoms with Crippen molar-refractivity contribution in [3.63, 3.8) is 0 Å². The molecule has 0 aromatic rings. The van der Waals surface area contributed by atoms with Crippen LogP contribution in [0, 0.1) is 5.41 Å². The highest BCUT2D eigenvalue weighted by Crippen LogP contribution is 2.40. The first-order valence-electron chi connectivity index (χ1n) is 9.12. The second kappa shape index (κ2) is 10.4. The van der Waals surface area contributed by atoms with Crippen LogP contribution in [0.3, 0.4) is 0 Å². The maximum atomic E-state index is 5.61. The predicted octanol–water partition coefficient (Wildman–Crippen LogP) is 3.67. The molecule has 0 radical (unpaired) electrons. The number of nitrogens with one attached hydrogen (secondary N) is 2. The number of nitrogens with zero attached hydrogens (tertiary/aromatic N) is 1. The van der Waals surface area contributed by atoms with Crippen molar-refractivity contribution in [3.8, 4) is 0 Å². The average molecular weight is 344 g/mol. The maximum absolute atomic E-state index is 5.61. The monoisotopic (exact) mass is 343 g/mol. The van der Waals surface area contributed by atoms with Gasteiger partial charge in [-0.3, -0.25) is 4.99 Å². The van der Waals surface area contributed by atoms with E-state index < -0.39 is 0 Å². The minimum atomic E-state index is 0.183. The summed E-state index contributed by atoms with van der Waals surface area (Å²) in [6.07, 6.45) is 8.62. The van der Waals surface area contributed by atoms with Crippen molar-refractivity contribution in [2.75, 3.05) is 39.1 Å². The fourth-order valence-electron chi connectivity index (χ4n) is 3.02. The summed E-state index contributed by atoms with van der Waals surface area (Å²) in [5, 5.41) is 6.99. The summed E-state index contributed by atoms with van der Waals surface area (Å²) in [5.41, 5.74) is 0.389. The summed E-state index contributed by atoms with van der Waals surface area (Å²) in [6, 6.07) is 0. The van der Waals surface area contributed by atoms with Crippen LogP contribution in [0.1, 0.15) is 59.8 Å². The van der Waals surface area contributed by atoms with E-state index in [9.17, 15) is 0 Å². The Morgan fingerprint density at radius 2 is 1.91 bits per heavy atom. The Labute approximate surface area is 147 Å². The molecule has 5 heteroatoms. The minimum Gasteiger partial charge on any atom is -0.382 e. The standard InChI is InChI=1S/C18H37N3OS/c1-6-19-16(20-14-17(3,4)23-5)21-15-18(10-8-9-11-18)12-13-22-7-2/h6-15H2,1-5H3,(H2,19,20,21). The zero-order valence-corrected chi connectivity index (χ0v) is 16.7. The summed E-state index contributed by atoms with van der Waals surface area (Å²) in [4.78, 5) is 4.79. The third-order valence-corrected chi connectivity index (χ3v) is 6.02. The van der Waals surface area contributed by atoms with Crippen LogP contribution < -0.4 is 10.6 Å². The van der Waals surface area contributed by atoms with Crippen molar-refractivity contribution >= 4 is 17.7 Å². The van der Waals surface area contributed by atoms with E-state index >= 15 is 0 Å². The third kappa shape index (κ3) is 7.79. The molecular weight excluding hydrogens is 306 g/mol. The number of thioether (sulfide) groups is 1. The fraction of sp³-hybridized carbons (Fsp3) is 0.944. The maximum Gasteiger partial charge on any atom is 0.191 e. The van der Waals surface area contributed by atoms with E-state index in [1.54, 1.807) is 0 Å². The first-order valence-corrected chi connectivity index (χ1v) is 10.3. The van der Waals surface area contributed by atoms with Gasteiger partial charge in [-0.1, -0.05) is 12.8 Å². The van der Waals surface area contributed by atoms with Crippen LogP contribution in [0.15, 0.2) is 4.99 Å². The average Bonchev–Trinajstić information content (AvgIpc) is 3.00. The number of hydrogen-bond donors (Lipinski definition) is 2. The van der Waals surface area contributed by atoms with Gasteiger partial charge in [-0.05, 0) is 58.6 Å². The van der Waals surface area contributed by atoms with E-state index in [0.29, 0.717) is 5.41 Å². The topological polar surface area (TPSA) is 45.7 Å².